The molecule has 13 heteroatoms. The number of carbonyl (C=O) groups is 5. The van der Waals surface area contributed by atoms with Crippen molar-refractivity contribution in [3.8, 4) is 0 Å². The molecule has 1 saturated heterocycles. The van der Waals surface area contributed by atoms with E-state index in [2.05, 4.69) is 26.6 Å². The molecular formula is C39H58N8O5. The number of benzene rings is 2. The van der Waals surface area contributed by atoms with Crippen LogP contribution in [0.15, 0.2) is 60.7 Å². The maximum Gasteiger partial charge on any atom is 0.315 e. The monoisotopic (exact) mass is 718 g/mol. The summed E-state index contributed by atoms with van der Waals surface area (Å²) >= 11 is 0. The van der Waals surface area contributed by atoms with E-state index in [0.29, 0.717) is 64.6 Å². The molecule has 0 unspecified atom stereocenters. The van der Waals surface area contributed by atoms with Gasteiger partial charge in [-0.3, -0.25) is 19.2 Å². The summed E-state index contributed by atoms with van der Waals surface area (Å²) in [5.41, 5.74) is 13.8. The largest absolute Gasteiger partial charge is 0.343 e. The lowest BCUT2D eigenvalue weighted by molar-refractivity contribution is -0.138. The minimum absolute atomic E-state index is 0.0315. The third kappa shape index (κ3) is 13.6. The number of hydrogen-bond acceptors (Lipinski definition) is 7. The molecule has 284 valence electrons. The molecule has 1 saturated carbocycles. The summed E-state index contributed by atoms with van der Waals surface area (Å²) in [6, 6.07) is 15.2. The molecule has 13 nitrogen and oxygen atoms in total. The number of nitrogens with two attached hydrogens (primary N) is 2. The van der Waals surface area contributed by atoms with Crippen LogP contribution in [-0.2, 0) is 32.0 Å². The summed E-state index contributed by atoms with van der Waals surface area (Å²) in [4.78, 5) is 69.0. The molecule has 0 aromatic heterocycles. The van der Waals surface area contributed by atoms with Crippen LogP contribution in [0.25, 0.3) is 0 Å². The maximum absolute atomic E-state index is 13.9. The number of likely N-dealkylation sites (tertiary alicyclic amines) is 1. The van der Waals surface area contributed by atoms with E-state index in [4.69, 9.17) is 11.5 Å². The van der Waals surface area contributed by atoms with Crippen LogP contribution in [0.5, 0.6) is 0 Å². The van der Waals surface area contributed by atoms with Gasteiger partial charge in [0.15, 0.2) is 0 Å². The molecule has 0 radical (unpaired) electrons. The predicted octanol–water partition coefficient (Wildman–Crippen LogP) is 1.88. The van der Waals surface area contributed by atoms with Crippen LogP contribution in [0, 0.1) is 5.92 Å². The lowest BCUT2D eigenvalue weighted by Crippen LogP contribution is -2.59. The Balaban J connectivity index is 1.42. The highest BCUT2D eigenvalue weighted by Crippen LogP contribution is 2.19. The first-order valence-corrected chi connectivity index (χ1v) is 18.8. The fourth-order valence-electron chi connectivity index (χ4n) is 6.40. The van der Waals surface area contributed by atoms with Gasteiger partial charge in [-0.05, 0) is 81.4 Å². The Bertz CT molecular complexity index is 1450. The van der Waals surface area contributed by atoms with Gasteiger partial charge in [-0.25, -0.2) is 4.79 Å². The second-order valence-corrected chi connectivity index (χ2v) is 14.6. The molecule has 52 heavy (non-hydrogen) atoms. The van der Waals surface area contributed by atoms with E-state index in [1.807, 2.05) is 74.5 Å². The van der Waals surface area contributed by atoms with Gasteiger partial charge in [0.2, 0.25) is 23.6 Å². The molecule has 1 aliphatic heterocycles. The Hall–Kier alpha value is -4.49. The Kier molecular flexibility index (Phi) is 15.9. The van der Waals surface area contributed by atoms with Crippen molar-refractivity contribution < 1.29 is 24.0 Å². The van der Waals surface area contributed by atoms with Crippen molar-refractivity contribution in [3.05, 3.63) is 71.8 Å². The van der Waals surface area contributed by atoms with Gasteiger partial charge in [0, 0.05) is 31.6 Å². The molecule has 2 aromatic carbocycles. The average Bonchev–Trinajstić information content (AvgIpc) is 3.95. The van der Waals surface area contributed by atoms with Gasteiger partial charge in [-0.1, -0.05) is 74.5 Å². The molecule has 1 aliphatic carbocycles. The molecule has 0 bridgehead atoms. The van der Waals surface area contributed by atoms with Gasteiger partial charge in [-0.2, -0.15) is 0 Å². The van der Waals surface area contributed by atoms with E-state index in [0.717, 1.165) is 24.0 Å². The van der Waals surface area contributed by atoms with E-state index in [1.165, 1.54) is 0 Å². The third-order valence-electron chi connectivity index (χ3n) is 9.51. The normalized spacial score (nSPS) is 17.0. The number of rotatable bonds is 19. The molecule has 2 aliphatic rings. The van der Waals surface area contributed by atoms with Crippen molar-refractivity contribution in [2.45, 2.75) is 114 Å². The maximum atomic E-state index is 13.9. The van der Waals surface area contributed by atoms with Crippen molar-refractivity contribution in [3.63, 3.8) is 0 Å². The molecular weight excluding hydrogens is 660 g/mol. The average molecular weight is 719 g/mol. The van der Waals surface area contributed by atoms with Gasteiger partial charge >= 0.3 is 6.03 Å². The summed E-state index contributed by atoms with van der Waals surface area (Å²) in [5.74, 6) is -1.61. The smallest absolute Gasteiger partial charge is 0.315 e. The fourth-order valence-corrected chi connectivity index (χ4v) is 6.40. The minimum Gasteiger partial charge on any atom is -0.343 e. The van der Waals surface area contributed by atoms with Crippen LogP contribution >= 0.6 is 0 Å². The zero-order valence-corrected chi connectivity index (χ0v) is 30.7. The van der Waals surface area contributed by atoms with E-state index in [-0.39, 0.29) is 36.4 Å². The van der Waals surface area contributed by atoms with E-state index in [1.54, 1.807) is 4.90 Å². The summed E-state index contributed by atoms with van der Waals surface area (Å²) < 4.78 is 0. The first-order chi connectivity index (χ1) is 25.0. The summed E-state index contributed by atoms with van der Waals surface area (Å²) in [5, 5.41) is 14.6. The topological polar surface area (TPSA) is 201 Å². The summed E-state index contributed by atoms with van der Waals surface area (Å²) in [6.07, 6.45) is 5.80. The highest BCUT2D eigenvalue weighted by atomic mass is 16.2. The summed E-state index contributed by atoms with van der Waals surface area (Å²) in [6.45, 7) is 5.27. The Morgan fingerprint density at radius 3 is 1.77 bits per heavy atom. The van der Waals surface area contributed by atoms with Crippen LogP contribution in [0.1, 0.15) is 76.3 Å². The lowest BCUT2D eigenvalue weighted by Gasteiger charge is -2.35. The van der Waals surface area contributed by atoms with E-state index < -0.39 is 41.9 Å². The SMILES string of the molecule is CC(C)C[C@@H](NC(=O)[C@@H](Cc1ccccc1)NC(=O)[C@H](N)Cc1ccccc1)C(=O)N[C@H](CCCCN)C(=O)N1CCC(NC(=O)NC2CC2)CC1. The van der Waals surface area contributed by atoms with Crippen LogP contribution < -0.4 is 38.1 Å². The van der Waals surface area contributed by atoms with Crippen LogP contribution in [-0.4, -0.2) is 90.4 Å². The Morgan fingerprint density at radius 1 is 0.692 bits per heavy atom. The van der Waals surface area contributed by atoms with Gasteiger partial charge < -0.3 is 43.0 Å². The van der Waals surface area contributed by atoms with Gasteiger partial charge in [-0.15, -0.1) is 0 Å². The van der Waals surface area contributed by atoms with Gasteiger partial charge in [0.05, 0.1) is 6.04 Å². The number of amides is 6. The highest BCUT2D eigenvalue weighted by Gasteiger charge is 2.34. The van der Waals surface area contributed by atoms with Crippen LogP contribution in [0.2, 0.25) is 0 Å². The quantitative estimate of drug-likeness (QED) is 0.108. The number of nitrogens with one attached hydrogen (secondary N) is 5. The van der Waals surface area contributed by atoms with Crippen molar-refractivity contribution >= 4 is 29.7 Å². The van der Waals surface area contributed by atoms with Crippen molar-refractivity contribution in [1.29, 1.82) is 0 Å². The van der Waals surface area contributed by atoms with Crippen molar-refractivity contribution in [1.82, 2.24) is 31.5 Å². The Labute approximate surface area is 307 Å². The number of urea groups is 1. The molecule has 9 N–H and O–H groups in total. The number of carbonyl (C=O) groups excluding carboxylic acids is 5. The molecule has 6 amide bonds. The van der Waals surface area contributed by atoms with Crippen LogP contribution in [0.4, 0.5) is 4.79 Å². The second-order valence-electron chi connectivity index (χ2n) is 14.6. The third-order valence-corrected chi connectivity index (χ3v) is 9.51. The minimum atomic E-state index is -0.998. The van der Waals surface area contributed by atoms with Crippen molar-refractivity contribution in [2.24, 2.45) is 17.4 Å². The molecule has 1 heterocycles. The molecule has 2 fully saturated rings. The first-order valence-electron chi connectivity index (χ1n) is 18.8. The second kappa shape index (κ2) is 20.5. The molecule has 2 aromatic rings. The lowest BCUT2D eigenvalue weighted by atomic mass is 9.99. The standard InChI is InChI=1S/C39H58N8O5/c1-26(2)23-33(46-37(50)34(25-28-13-7-4-8-14-28)45-35(48)31(41)24-27-11-5-3-6-12-27)36(49)44-32(15-9-10-20-40)38(51)47-21-18-30(19-22-47)43-39(52)42-29-16-17-29/h3-8,11-14,26,29-34H,9-10,15-25,40-41H2,1-2H3,(H,44,49)(H,45,48)(H,46,50)(H2,42,43,52)/t31-,32-,33-,34-/m1/s1. The zero-order valence-electron chi connectivity index (χ0n) is 30.7. The first kappa shape index (κ1) is 40.3. The molecule has 4 atom stereocenters. The number of nitrogens with zero attached hydrogens (tertiary/aromatic N) is 1. The van der Waals surface area contributed by atoms with E-state index in [9.17, 15) is 24.0 Å². The number of piperidine rings is 1. The fraction of sp³-hybridized carbons (Fsp3) is 0.564. The molecule has 4 rings (SSSR count). The molecule has 0 spiro atoms. The number of hydrogen-bond donors (Lipinski definition) is 7. The van der Waals surface area contributed by atoms with Gasteiger partial charge in [0.1, 0.15) is 18.1 Å². The zero-order chi connectivity index (χ0) is 37.5. The van der Waals surface area contributed by atoms with Crippen LogP contribution in [0.3, 0.4) is 0 Å². The number of unbranched alkanes of at least 4 members (excludes halogenated alkanes) is 1. The predicted molar refractivity (Wildman–Crippen MR) is 201 cm³/mol. The van der Waals surface area contributed by atoms with Gasteiger partial charge in [0.25, 0.3) is 0 Å². The summed E-state index contributed by atoms with van der Waals surface area (Å²) in [7, 11) is 0. The highest BCUT2D eigenvalue weighted by molar-refractivity contribution is 5.95. The van der Waals surface area contributed by atoms with E-state index >= 15 is 0 Å². The van der Waals surface area contributed by atoms with Crippen molar-refractivity contribution in [2.75, 3.05) is 19.6 Å². The Morgan fingerprint density at radius 2 is 1.21 bits per heavy atom.